The van der Waals surface area contributed by atoms with Crippen molar-refractivity contribution in [3.8, 4) is 11.5 Å². The predicted octanol–water partition coefficient (Wildman–Crippen LogP) is 8.10. The molecule has 0 aromatic heterocycles. The maximum atomic E-state index is 13.5. The van der Waals surface area contributed by atoms with E-state index in [1.807, 2.05) is 83.1 Å². The van der Waals surface area contributed by atoms with Crippen molar-refractivity contribution in [2.75, 3.05) is 26.9 Å². The molecule has 10 heteroatoms. The average molecular weight is 768 g/mol. The van der Waals surface area contributed by atoms with Gasteiger partial charge in [-0.2, -0.15) is 0 Å². The van der Waals surface area contributed by atoms with Crippen molar-refractivity contribution in [1.29, 1.82) is 0 Å². The van der Waals surface area contributed by atoms with Crippen LogP contribution in [-0.4, -0.2) is 76.0 Å². The minimum atomic E-state index is -2.83. The Morgan fingerprint density at radius 3 is 1.95 bits per heavy atom. The maximum Gasteiger partial charge on any atom is 0.410 e. The van der Waals surface area contributed by atoms with Crippen LogP contribution in [0, 0.1) is 6.92 Å². The zero-order chi connectivity index (χ0) is 39.8. The summed E-state index contributed by atoms with van der Waals surface area (Å²) >= 11 is 0. The Bertz CT molecular complexity index is 1820. The number of hydrogen-bond acceptors (Lipinski definition) is 8. The lowest BCUT2D eigenvalue weighted by Crippen LogP contribution is -2.67. The Labute approximate surface area is 328 Å². The van der Waals surface area contributed by atoms with Crippen LogP contribution < -0.4 is 19.8 Å². The number of methoxy groups -OCH3 is 1. The van der Waals surface area contributed by atoms with Gasteiger partial charge in [0.25, 0.3) is 8.32 Å². The summed E-state index contributed by atoms with van der Waals surface area (Å²) in [5.41, 5.74) is 1.37. The van der Waals surface area contributed by atoms with Gasteiger partial charge in [0.15, 0.2) is 0 Å². The highest BCUT2D eigenvalue weighted by molar-refractivity contribution is 6.99. The van der Waals surface area contributed by atoms with Crippen LogP contribution in [0.5, 0.6) is 11.5 Å². The van der Waals surface area contributed by atoms with Gasteiger partial charge in [0.2, 0.25) is 0 Å². The van der Waals surface area contributed by atoms with E-state index in [1.165, 1.54) is 17.5 Å². The topological polar surface area (TPSA) is 92.8 Å². The molecule has 1 aliphatic heterocycles. The number of hydrogen-bond donors (Lipinski definition) is 0. The summed E-state index contributed by atoms with van der Waals surface area (Å²) in [5, 5.41) is 2.13. The second kappa shape index (κ2) is 17.9. The lowest BCUT2D eigenvalue weighted by Gasteiger charge is -2.43. The molecule has 0 unspecified atom stereocenters. The highest BCUT2D eigenvalue weighted by Crippen LogP contribution is 2.38. The first-order valence-corrected chi connectivity index (χ1v) is 20.9. The molecule has 9 nitrogen and oxygen atoms in total. The Balaban J connectivity index is 1.37. The van der Waals surface area contributed by atoms with Gasteiger partial charge in [-0.1, -0.05) is 112 Å². The van der Waals surface area contributed by atoms with Crippen molar-refractivity contribution < 1.29 is 37.7 Å². The molecule has 1 heterocycles. The summed E-state index contributed by atoms with van der Waals surface area (Å²) in [6.07, 6.45) is -0.581. The van der Waals surface area contributed by atoms with Crippen LogP contribution in [0.3, 0.4) is 0 Å². The van der Waals surface area contributed by atoms with Gasteiger partial charge in [-0.3, -0.25) is 4.90 Å². The second-order valence-electron chi connectivity index (χ2n) is 16.3. The molecule has 0 spiro atoms. The molecule has 3 atom stereocenters. The molecule has 1 saturated heterocycles. The third kappa shape index (κ3) is 10.4. The predicted molar refractivity (Wildman–Crippen MR) is 218 cm³/mol. The first-order valence-electron chi connectivity index (χ1n) is 19.0. The minimum absolute atomic E-state index is 0.101. The minimum Gasteiger partial charge on any atom is -0.490 e. The lowest BCUT2D eigenvalue weighted by atomic mass is 10.1. The fourth-order valence-electron chi connectivity index (χ4n) is 7.16. The van der Waals surface area contributed by atoms with Gasteiger partial charge < -0.3 is 28.1 Å². The monoisotopic (exact) mass is 767 g/mol. The van der Waals surface area contributed by atoms with Crippen molar-refractivity contribution in [1.82, 2.24) is 4.90 Å². The molecular formula is C45H57NO8Si. The summed E-state index contributed by atoms with van der Waals surface area (Å²) < 4.78 is 37.4. The van der Waals surface area contributed by atoms with Crippen LogP contribution >= 0.6 is 0 Å². The fraction of sp³-hybridized carbons (Fsp3) is 0.422. The molecular weight excluding hydrogens is 711 g/mol. The smallest absolute Gasteiger partial charge is 0.410 e. The molecule has 0 radical (unpaired) electrons. The summed E-state index contributed by atoms with van der Waals surface area (Å²) in [6, 6.07) is 34.1. The summed E-state index contributed by atoms with van der Waals surface area (Å²) in [5.74, 6) is 0.0456. The van der Waals surface area contributed by atoms with Crippen molar-refractivity contribution in [2.45, 2.75) is 97.3 Å². The van der Waals surface area contributed by atoms with Gasteiger partial charge in [-0.15, -0.1) is 0 Å². The van der Waals surface area contributed by atoms with E-state index < -0.39 is 32.1 Å². The summed E-state index contributed by atoms with van der Waals surface area (Å²) in [4.78, 5) is 28.5. The normalized spacial score (nSPS) is 16.7. The molecule has 0 saturated carbocycles. The van der Waals surface area contributed by atoms with Crippen LogP contribution in [0.4, 0.5) is 4.79 Å². The number of esters is 1. The van der Waals surface area contributed by atoms with E-state index in [2.05, 4.69) is 69.3 Å². The number of benzene rings is 4. The van der Waals surface area contributed by atoms with E-state index in [-0.39, 0.29) is 36.0 Å². The zero-order valence-corrected chi connectivity index (χ0v) is 34.8. The third-order valence-electron chi connectivity index (χ3n) is 9.64. The Kier molecular flexibility index (Phi) is 13.5. The van der Waals surface area contributed by atoms with Gasteiger partial charge in [-0.05, 0) is 79.7 Å². The second-order valence-corrected chi connectivity index (χ2v) is 20.6. The fourth-order valence-corrected chi connectivity index (χ4v) is 11.8. The number of carbonyl (C=O) groups excluding carboxylic acids is 2. The van der Waals surface area contributed by atoms with E-state index in [1.54, 1.807) is 11.0 Å². The van der Waals surface area contributed by atoms with Gasteiger partial charge in [0.05, 0.1) is 39.0 Å². The van der Waals surface area contributed by atoms with E-state index >= 15 is 0 Å². The Morgan fingerprint density at radius 2 is 1.40 bits per heavy atom. The third-order valence-corrected chi connectivity index (χ3v) is 14.6. The van der Waals surface area contributed by atoms with Gasteiger partial charge >= 0.3 is 12.1 Å². The molecule has 55 heavy (non-hydrogen) atoms. The number of rotatable bonds is 14. The standard InChI is InChI=1S/C45H57NO8Si/c1-32-25-39(51-31-35-27-36(50-30-34-19-13-10-14-20-34)28-46(35)43(48)54-44(3,4)5)41(42(47)49-9)40(26-32)53-33(2)29-52-55(45(6,7)8,37-21-15-11-16-22-37)38-23-17-12-18-24-38/h10-26,33,35-36H,27-31H2,1-9H3/t33-,35-,36+/m1/s1. The van der Waals surface area contributed by atoms with Gasteiger partial charge in [0.1, 0.15) is 35.4 Å². The molecule has 4 aromatic carbocycles. The van der Waals surface area contributed by atoms with E-state index in [0.29, 0.717) is 31.1 Å². The highest BCUT2D eigenvalue weighted by atomic mass is 28.4. The zero-order valence-electron chi connectivity index (χ0n) is 33.8. The number of aryl methyl sites for hydroxylation is 1. The number of ether oxygens (including phenoxy) is 5. The molecule has 5 rings (SSSR count). The molecule has 294 valence electrons. The largest absolute Gasteiger partial charge is 0.490 e. The molecule has 0 N–H and O–H groups in total. The quantitative estimate of drug-likeness (QED) is 0.0940. The summed E-state index contributed by atoms with van der Waals surface area (Å²) in [6.45, 7) is 17.2. The van der Waals surface area contributed by atoms with Crippen molar-refractivity contribution in [2.24, 2.45) is 0 Å². The molecule has 0 bridgehead atoms. The van der Waals surface area contributed by atoms with Crippen LogP contribution in [0.2, 0.25) is 5.04 Å². The molecule has 0 aliphatic carbocycles. The molecule has 1 aliphatic rings. The lowest BCUT2D eigenvalue weighted by molar-refractivity contribution is 0.0126. The highest BCUT2D eigenvalue weighted by Gasteiger charge is 2.50. The maximum absolute atomic E-state index is 13.5. The van der Waals surface area contributed by atoms with Crippen LogP contribution in [-0.2, 0) is 25.2 Å². The molecule has 1 fully saturated rings. The van der Waals surface area contributed by atoms with Gasteiger partial charge in [-0.25, -0.2) is 9.59 Å². The SMILES string of the molecule is COC(=O)c1c(OC[C@H]2C[C@H](OCc3ccccc3)CN2C(=O)OC(C)(C)C)cc(C)cc1O[C@H](C)CO[Si](c1ccccc1)(c1ccccc1)C(C)(C)C. The Morgan fingerprint density at radius 1 is 0.836 bits per heavy atom. The number of amides is 1. The van der Waals surface area contributed by atoms with E-state index in [0.717, 1.165) is 11.1 Å². The van der Waals surface area contributed by atoms with Crippen molar-refractivity contribution >= 4 is 30.8 Å². The first-order chi connectivity index (χ1) is 26.1. The van der Waals surface area contributed by atoms with Crippen molar-refractivity contribution in [3.63, 3.8) is 0 Å². The number of likely N-dealkylation sites (tertiary alicyclic amines) is 1. The van der Waals surface area contributed by atoms with E-state index in [9.17, 15) is 9.59 Å². The average Bonchev–Trinajstić information content (AvgIpc) is 3.56. The van der Waals surface area contributed by atoms with Crippen molar-refractivity contribution in [3.05, 3.63) is 120 Å². The number of carbonyl (C=O) groups is 2. The van der Waals surface area contributed by atoms with Crippen LogP contribution in [0.1, 0.15) is 76.4 Å². The summed E-state index contributed by atoms with van der Waals surface area (Å²) in [7, 11) is -1.50. The van der Waals surface area contributed by atoms with Crippen LogP contribution in [0.15, 0.2) is 103 Å². The molecule has 4 aromatic rings. The Hall–Kier alpha value is -4.64. The van der Waals surface area contributed by atoms with Gasteiger partial charge in [0, 0.05) is 0 Å². The van der Waals surface area contributed by atoms with E-state index in [4.69, 9.17) is 28.1 Å². The van der Waals surface area contributed by atoms with Crippen LogP contribution in [0.25, 0.3) is 0 Å². The molecule has 1 amide bonds. The first kappa shape index (κ1) is 41.5. The number of nitrogens with zero attached hydrogens (tertiary/aromatic N) is 1.